The minimum absolute atomic E-state index is 0.181. The molecule has 2 unspecified atom stereocenters. The van der Waals surface area contributed by atoms with Crippen molar-refractivity contribution in [3.05, 3.63) is 23.4 Å². The lowest BCUT2D eigenvalue weighted by molar-refractivity contribution is 0.179. The van der Waals surface area contributed by atoms with E-state index < -0.39 is 0 Å². The zero-order chi connectivity index (χ0) is 10.6. The highest BCUT2D eigenvalue weighted by atomic mass is 35.5. The molecule has 0 aliphatic heterocycles. The summed E-state index contributed by atoms with van der Waals surface area (Å²) in [5.41, 5.74) is 0. The second-order valence-electron chi connectivity index (χ2n) is 3.48. The summed E-state index contributed by atoms with van der Waals surface area (Å²) in [6, 6.07) is 5.60. The van der Waals surface area contributed by atoms with Crippen LogP contribution >= 0.6 is 11.6 Å². The van der Waals surface area contributed by atoms with Crippen molar-refractivity contribution in [3.8, 4) is 0 Å². The summed E-state index contributed by atoms with van der Waals surface area (Å²) < 4.78 is 0. The molecule has 0 aliphatic carbocycles. The summed E-state index contributed by atoms with van der Waals surface area (Å²) in [5.74, 6) is 0.741. The molecule has 1 rings (SSSR count). The smallest absolute Gasteiger partial charge is 0.131 e. The molecule has 1 aromatic heterocycles. The van der Waals surface area contributed by atoms with Crippen LogP contribution in [0.5, 0.6) is 0 Å². The normalized spacial score (nSPS) is 14.9. The van der Waals surface area contributed by atoms with Crippen molar-refractivity contribution >= 4 is 17.4 Å². The van der Waals surface area contributed by atoms with E-state index in [1.54, 1.807) is 13.0 Å². The fourth-order valence-electron chi connectivity index (χ4n) is 1.31. The number of aliphatic hydroxyl groups excluding tert-OH is 1. The first kappa shape index (κ1) is 11.3. The molecule has 1 aromatic rings. The van der Waals surface area contributed by atoms with Crippen molar-refractivity contribution in [1.82, 2.24) is 4.98 Å². The molecular formula is C10H15ClN2O. The van der Waals surface area contributed by atoms with E-state index in [1.807, 2.05) is 19.1 Å². The maximum Gasteiger partial charge on any atom is 0.131 e. The molecule has 0 fully saturated rings. The molecule has 78 valence electrons. The van der Waals surface area contributed by atoms with Crippen LogP contribution in [-0.2, 0) is 0 Å². The van der Waals surface area contributed by atoms with Crippen LogP contribution in [0, 0.1) is 0 Å². The molecule has 0 saturated heterocycles. The highest BCUT2D eigenvalue weighted by Crippen LogP contribution is 2.11. The van der Waals surface area contributed by atoms with Crippen molar-refractivity contribution in [1.29, 1.82) is 0 Å². The van der Waals surface area contributed by atoms with Crippen LogP contribution < -0.4 is 5.32 Å². The number of halogens is 1. The average molecular weight is 215 g/mol. The van der Waals surface area contributed by atoms with Gasteiger partial charge in [0.2, 0.25) is 0 Å². The van der Waals surface area contributed by atoms with Gasteiger partial charge in [0.15, 0.2) is 0 Å². The van der Waals surface area contributed by atoms with Crippen molar-refractivity contribution in [3.63, 3.8) is 0 Å². The fraction of sp³-hybridized carbons (Fsp3) is 0.500. The van der Waals surface area contributed by atoms with Crippen molar-refractivity contribution in [2.75, 3.05) is 5.32 Å². The third kappa shape index (κ3) is 3.94. The highest BCUT2D eigenvalue weighted by Gasteiger charge is 2.06. The average Bonchev–Trinajstić information content (AvgIpc) is 2.01. The number of rotatable bonds is 4. The first-order valence-electron chi connectivity index (χ1n) is 4.65. The van der Waals surface area contributed by atoms with Crippen molar-refractivity contribution in [2.45, 2.75) is 32.4 Å². The molecule has 1 heterocycles. The lowest BCUT2D eigenvalue weighted by atomic mass is 10.1. The Kier molecular flexibility index (Phi) is 4.17. The van der Waals surface area contributed by atoms with E-state index in [4.69, 9.17) is 16.7 Å². The molecule has 0 saturated carbocycles. The Bertz CT molecular complexity index is 291. The number of anilines is 1. The molecule has 2 N–H and O–H groups in total. The number of pyridine rings is 1. The Hall–Kier alpha value is -0.800. The zero-order valence-corrected chi connectivity index (χ0v) is 9.12. The first-order chi connectivity index (χ1) is 6.58. The molecule has 0 amide bonds. The maximum atomic E-state index is 9.17. The summed E-state index contributed by atoms with van der Waals surface area (Å²) in [5, 5.41) is 12.8. The molecule has 3 nitrogen and oxygen atoms in total. The van der Waals surface area contributed by atoms with Gasteiger partial charge >= 0.3 is 0 Å². The third-order valence-corrected chi connectivity index (χ3v) is 2.01. The monoisotopic (exact) mass is 214 g/mol. The van der Waals surface area contributed by atoms with E-state index >= 15 is 0 Å². The predicted octanol–water partition coefficient (Wildman–Crippen LogP) is 2.31. The Morgan fingerprint density at radius 2 is 2.21 bits per heavy atom. The lowest BCUT2D eigenvalue weighted by Crippen LogP contribution is -2.21. The number of nitrogens with zero attached hydrogens (tertiary/aromatic N) is 1. The van der Waals surface area contributed by atoms with Gasteiger partial charge in [-0.2, -0.15) is 0 Å². The van der Waals surface area contributed by atoms with Crippen LogP contribution in [0.1, 0.15) is 20.3 Å². The summed E-state index contributed by atoms with van der Waals surface area (Å²) in [6.45, 7) is 3.76. The quantitative estimate of drug-likeness (QED) is 0.757. The molecule has 0 radical (unpaired) electrons. The van der Waals surface area contributed by atoms with Gasteiger partial charge in [-0.05, 0) is 32.4 Å². The van der Waals surface area contributed by atoms with Crippen LogP contribution in [0.4, 0.5) is 5.82 Å². The number of nitrogens with one attached hydrogen (secondary N) is 1. The standard InChI is InChI=1S/C10H15ClN2O/c1-7(6-8(2)14)12-10-5-3-4-9(11)13-10/h3-5,7-8,14H,6H2,1-2H3,(H,12,13). The maximum absolute atomic E-state index is 9.17. The zero-order valence-electron chi connectivity index (χ0n) is 8.37. The van der Waals surface area contributed by atoms with Gasteiger partial charge in [-0.1, -0.05) is 17.7 Å². The molecule has 2 atom stereocenters. The predicted molar refractivity (Wildman–Crippen MR) is 58.6 cm³/mol. The molecule has 0 aromatic carbocycles. The fourth-order valence-corrected chi connectivity index (χ4v) is 1.48. The molecule has 14 heavy (non-hydrogen) atoms. The van der Waals surface area contributed by atoms with Crippen LogP contribution in [0.2, 0.25) is 5.15 Å². The van der Waals surface area contributed by atoms with Crippen LogP contribution in [0.3, 0.4) is 0 Å². The molecule has 0 bridgehead atoms. The van der Waals surface area contributed by atoms with E-state index in [2.05, 4.69) is 10.3 Å². The van der Waals surface area contributed by atoms with Gasteiger partial charge in [0, 0.05) is 6.04 Å². The summed E-state index contributed by atoms with van der Waals surface area (Å²) in [6.07, 6.45) is 0.380. The Morgan fingerprint density at radius 3 is 2.79 bits per heavy atom. The lowest BCUT2D eigenvalue weighted by Gasteiger charge is -2.15. The SMILES string of the molecule is CC(O)CC(C)Nc1cccc(Cl)n1. The minimum atomic E-state index is -0.309. The molecule has 0 aliphatic rings. The van der Waals surface area contributed by atoms with Crippen LogP contribution in [0.15, 0.2) is 18.2 Å². The Labute approximate surface area is 89.1 Å². The summed E-state index contributed by atoms with van der Waals surface area (Å²) in [4.78, 5) is 4.09. The Balaban J connectivity index is 2.51. The van der Waals surface area contributed by atoms with E-state index in [1.165, 1.54) is 0 Å². The van der Waals surface area contributed by atoms with Gasteiger partial charge in [0.1, 0.15) is 11.0 Å². The minimum Gasteiger partial charge on any atom is -0.393 e. The summed E-state index contributed by atoms with van der Waals surface area (Å²) >= 11 is 5.73. The second-order valence-corrected chi connectivity index (χ2v) is 3.86. The van der Waals surface area contributed by atoms with E-state index in [0.29, 0.717) is 11.6 Å². The van der Waals surface area contributed by atoms with Gasteiger partial charge in [0.05, 0.1) is 6.10 Å². The number of hydrogen-bond donors (Lipinski definition) is 2. The number of aromatic nitrogens is 1. The number of aliphatic hydroxyl groups is 1. The third-order valence-electron chi connectivity index (χ3n) is 1.80. The highest BCUT2D eigenvalue weighted by molar-refractivity contribution is 6.29. The van der Waals surface area contributed by atoms with Crippen molar-refractivity contribution in [2.24, 2.45) is 0 Å². The van der Waals surface area contributed by atoms with Gasteiger partial charge in [-0.25, -0.2) is 4.98 Å². The Morgan fingerprint density at radius 1 is 1.50 bits per heavy atom. The largest absolute Gasteiger partial charge is 0.393 e. The van der Waals surface area contributed by atoms with Gasteiger partial charge in [-0.15, -0.1) is 0 Å². The topological polar surface area (TPSA) is 45.1 Å². The van der Waals surface area contributed by atoms with Gasteiger partial charge in [-0.3, -0.25) is 0 Å². The van der Waals surface area contributed by atoms with Crippen LogP contribution in [-0.4, -0.2) is 22.2 Å². The first-order valence-corrected chi connectivity index (χ1v) is 5.03. The number of hydrogen-bond acceptors (Lipinski definition) is 3. The molecule has 4 heteroatoms. The second kappa shape index (κ2) is 5.17. The van der Waals surface area contributed by atoms with Gasteiger partial charge < -0.3 is 10.4 Å². The molecule has 0 spiro atoms. The summed E-state index contributed by atoms with van der Waals surface area (Å²) in [7, 11) is 0. The van der Waals surface area contributed by atoms with E-state index in [0.717, 1.165) is 5.82 Å². The van der Waals surface area contributed by atoms with E-state index in [-0.39, 0.29) is 12.1 Å². The van der Waals surface area contributed by atoms with Gasteiger partial charge in [0.25, 0.3) is 0 Å². The molecular weight excluding hydrogens is 200 g/mol. The van der Waals surface area contributed by atoms with Crippen molar-refractivity contribution < 1.29 is 5.11 Å². The van der Waals surface area contributed by atoms with E-state index in [9.17, 15) is 0 Å². The van der Waals surface area contributed by atoms with Crippen LogP contribution in [0.25, 0.3) is 0 Å².